The number of alkyl halides is 3. The van der Waals surface area contributed by atoms with Gasteiger partial charge >= 0.3 is 6.18 Å². The molecule has 1 fully saturated rings. The summed E-state index contributed by atoms with van der Waals surface area (Å²) in [6.07, 6.45) is -1.34. The third-order valence-corrected chi connectivity index (χ3v) is 4.06. The average Bonchev–Trinajstić information content (AvgIpc) is 2.37. The van der Waals surface area contributed by atoms with E-state index in [0.717, 1.165) is 25.3 Å². The van der Waals surface area contributed by atoms with Crippen LogP contribution in [0.3, 0.4) is 0 Å². The zero-order valence-electron chi connectivity index (χ0n) is 10.1. The van der Waals surface area contributed by atoms with Crippen LogP contribution in [0.25, 0.3) is 0 Å². The Morgan fingerprint density at radius 1 is 1.16 bits per heavy atom. The summed E-state index contributed by atoms with van der Waals surface area (Å²) in [6, 6.07) is 3.57. The minimum Gasteiger partial charge on any atom is -0.339 e. The van der Waals surface area contributed by atoms with E-state index in [-0.39, 0.29) is 9.48 Å². The maximum atomic E-state index is 12.6. The SMILES string of the molecule is O=C(c1ccc(C(F)(F)F)c(I)c1)N1CCCCC1. The van der Waals surface area contributed by atoms with Crippen LogP contribution >= 0.6 is 22.6 Å². The van der Waals surface area contributed by atoms with E-state index in [9.17, 15) is 18.0 Å². The molecule has 2 rings (SSSR count). The van der Waals surface area contributed by atoms with Crippen molar-refractivity contribution < 1.29 is 18.0 Å². The lowest BCUT2D eigenvalue weighted by Gasteiger charge is -2.27. The summed E-state index contributed by atoms with van der Waals surface area (Å²) in [5.74, 6) is -0.175. The van der Waals surface area contributed by atoms with Gasteiger partial charge in [-0.3, -0.25) is 4.79 Å². The Morgan fingerprint density at radius 3 is 2.32 bits per heavy atom. The summed E-state index contributed by atoms with van der Waals surface area (Å²) in [5.41, 5.74) is -0.359. The van der Waals surface area contributed by atoms with Crippen LogP contribution in [0.2, 0.25) is 0 Å². The van der Waals surface area contributed by atoms with Crippen LogP contribution in [0, 0.1) is 3.57 Å². The van der Waals surface area contributed by atoms with Gasteiger partial charge in [0.25, 0.3) is 5.91 Å². The summed E-state index contributed by atoms with van der Waals surface area (Å²) in [7, 11) is 0. The van der Waals surface area contributed by atoms with Gasteiger partial charge in [0.15, 0.2) is 0 Å². The minimum atomic E-state index is -4.37. The average molecular weight is 383 g/mol. The molecule has 19 heavy (non-hydrogen) atoms. The van der Waals surface area contributed by atoms with Gasteiger partial charge in [-0.05, 0) is 60.1 Å². The fourth-order valence-electron chi connectivity index (χ4n) is 2.16. The van der Waals surface area contributed by atoms with Crippen molar-refractivity contribution in [3.05, 3.63) is 32.9 Å². The number of halogens is 4. The van der Waals surface area contributed by atoms with Crippen molar-refractivity contribution in [1.29, 1.82) is 0 Å². The second-order valence-electron chi connectivity index (χ2n) is 4.55. The van der Waals surface area contributed by atoms with Gasteiger partial charge in [0.05, 0.1) is 5.56 Å². The van der Waals surface area contributed by atoms with Gasteiger partial charge in [-0.2, -0.15) is 13.2 Å². The van der Waals surface area contributed by atoms with Gasteiger partial charge in [0.2, 0.25) is 0 Å². The molecule has 0 radical (unpaired) electrons. The zero-order chi connectivity index (χ0) is 14.0. The van der Waals surface area contributed by atoms with E-state index < -0.39 is 11.7 Å². The quantitative estimate of drug-likeness (QED) is 0.673. The van der Waals surface area contributed by atoms with Crippen molar-refractivity contribution in [3.8, 4) is 0 Å². The highest BCUT2D eigenvalue weighted by atomic mass is 127. The summed E-state index contributed by atoms with van der Waals surface area (Å²) < 4.78 is 38.0. The van der Waals surface area contributed by atoms with E-state index in [1.54, 1.807) is 27.5 Å². The van der Waals surface area contributed by atoms with Gasteiger partial charge in [0.1, 0.15) is 0 Å². The van der Waals surface area contributed by atoms with Crippen molar-refractivity contribution >= 4 is 28.5 Å². The number of likely N-dealkylation sites (tertiary alicyclic amines) is 1. The first-order valence-electron chi connectivity index (χ1n) is 6.05. The Bertz CT molecular complexity index is 481. The van der Waals surface area contributed by atoms with Crippen molar-refractivity contribution in [2.45, 2.75) is 25.4 Å². The Balaban J connectivity index is 2.22. The van der Waals surface area contributed by atoms with Crippen molar-refractivity contribution in [2.75, 3.05) is 13.1 Å². The van der Waals surface area contributed by atoms with Crippen molar-refractivity contribution in [1.82, 2.24) is 4.90 Å². The molecule has 0 unspecified atom stereocenters. The lowest BCUT2D eigenvalue weighted by Crippen LogP contribution is -2.35. The van der Waals surface area contributed by atoms with Gasteiger partial charge < -0.3 is 4.90 Å². The molecule has 0 N–H and O–H groups in total. The summed E-state index contributed by atoms with van der Waals surface area (Å²) in [6.45, 7) is 1.38. The third-order valence-electron chi connectivity index (χ3n) is 3.16. The number of benzene rings is 1. The molecular formula is C13H13F3INO. The molecule has 1 saturated heterocycles. The molecule has 0 saturated carbocycles. The largest absolute Gasteiger partial charge is 0.417 e. The highest BCUT2D eigenvalue weighted by Gasteiger charge is 2.33. The van der Waals surface area contributed by atoms with Crippen LogP contribution < -0.4 is 0 Å². The molecule has 0 aromatic heterocycles. The topological polar surface area (TPSA) is 20.3 Å². The van der Waals surface area contributed by atoms with Crippen LogP contribution in [0.5, 0.6) is 0 Å². The number of carbonyl (C=O) groups is 1. The number of carbonyl (C=O) groups excluding carboxylic acids is 1. The van der Waals surface area contributed by atoms with Crippen molar-refractivity contribution in [3.63, 3.8) is 0 Å². The molecule has 1 amide bonds. The Morgan fingerprint density at radius 2 is 1.79 bits per heavy atom. The first-order chi connectivity index (χ1) is 8.89. The van der Waals surface area contributed by atoms with Crippen LogP contribution in [0.1, 0.15) is 35.2 Å². The maximum absolute atomic E-state index is 12.6. The molecule has 1 aliphatic rings. The second-order valence-corrected chi connectivity index (χ2v) is 5.71. The van der Waals surface area contributed by atoms with E-state index in [4.69, 9.17) is 0 Å². The Labute approximate surface area is 123 Å². The maximum Gasteiger partial charge on any atom is 0.417 e. The Kier molecular flexibility index (Phi) is 4.37. The molecule has 0 spiro atoms. The third kappa shape index (κ3) is 3.40. The summed E-state index contributed by atoms with van der Waals surface area (Å²) >= 11 is 1.62. The van der Waals surface area contributed by atoms with E-state index in [2.05, 4.69) is 0 Å². The first-order valence-corrected chi connectivity index (χ1v) is 7.13. The molecule has 6 heteroatoms. The zero-order valence-corrected chi connectivity index (χ0v) is 12.3. The standard InChI is InChI=1S/C13H13F3INO/c14-13(15,16)10-5-4-9(8-11(10)17)12(19)18-6-2-1-3-7-18/h4-5,8H,1-3,6-7H2. The predicted molar refractivity (Wildman–Crippen MR) is 73.9 cm³/mol. The number of hydrogen-bond donors (Lipinski definition) is 0. The fourth-order valence-corrected chi connectivity index (χ4v) is 2.98. The molecule has 1 heterocycles. The molecule has 0 bridgehead atoms. The van der Waals surface area contributed by atoms with Crippen LogP contribution in [0.15, 0.2) is 18.2 Å². The van der Waals surface area contributed by atoms with E-state index in [0.29, 0.717) is 18.7 Å². The van der Waals surface area contributed by atoms with Gasteiger partial charge in [-0.25, -0.2) is 0 Å². The van der Waals surface area contributed by atoms with Crippen LogP contribution in [-0.2, 0) is 6.18 Å². The minimum absolute atomic E-state index is 0.0629. The number of hydrogen-bond acceptors (Lipinski definition) is 1. The van der Waals surface area contributed by atoms with Crippen molar-refractivity contribution in [2.24, 2.45) is 0 Å². The Hall–Kier alpha value is -0.790. The van der Waals surface area contributed by atoms with Gasteiger partial charge in [-0.15, -0.1) is 0 Å². The molecular weight excluding hydrogens is 370 g/mol. The normalized spacial score (nSPS) is 16.5. The van der Waals surface area contributed by atoms with E-state index in [1.165, 1.54) is 12.1 Å². The van der Waals surface area contributed by atoms with Gasteiger partial charge in [0, 0.05) is 22.2 Å². The fraction of sp³-hybridized carbons (Fsp3) is 0.462. The van der Waals surface area contributed by atoms with Crippen LogP contribution in [-0.4, -0.2) is 23.9 Å². The predicted octanol–water partition coefficient (Wildman–Crippen LogP) is 3.94. The van der Waals surface area contributed by atoms with E-state index >= 15 is 0 Å². The number of rotatable bonds is 1. The monoisotopic (exact) mass is 383 g/mol. The second kappa shape index (κ2) is 5.68. The summed E-state index contributed by atoms with van der Waals surface area (Å²) in [5, 5.41) is 0. The lowest BCUT2D eigenvalue weighted by molar-refractivity contribution is -0.138. The molecule has 1 aromatic carbocycles. The number of piperidine rings is 1. The number of nitrogens with zero attached hydrogens (tertiary/aromatic N) is 1. The lowest BCUT2D eigenvalue weighted by atomic mass is 10.1. The highest BCUT2D eigenvalue weighted by molar-refractivity contribution is 14.1. The number of amides is 1. The van der Waals surface area contributed by atoms with E-state index in [1.807, 2.05) is 0 Å². The van der Waals surface area contributed by atoms with Crippen LogP contribution in [0.4, 0.5) is 13.2 Å². The molecule has 0 aliphatic carbocycles. The molecule has 1 aliphatic heterocycles. The summed E-state index contributed by atoms with van der Waals surface area (Å²) in [4.78, 5) is 13.9. The molecule has 2 nitrogen and oxygen atoms in total. The smallest absolute Gasteiger partial charge is 0.339 e. The molecule has 0 atom stereocenters. The molecule has 1 aromatic rings. The van der Waals surface area contributed by atoms with Gasteiger partial charge in [-0.1, -0.05) is 0 Å². The first kappa shape index (κ1) is 14.6. The molecule has 104 valence electrons. The highest BCUT2D eigenvalue weighted by Crippen LogP contribution is 2.33.